The molecule has 2 heteroatoms. The van der Waals surface area contributed by atoms with Gasteiger partial charge >= 0.3 is 0 Å². The molecule has 2 rings (SSSR count). The first kappa shape index (κ1) is 12.1. The number of carbonyl (C=O) groups is 1. The zero-order valence-corrected chi connectivity index (χ0v) is 10.1. The Balaban J connectivity index is 1.96. The van der Waals surface area contributed by atoms with E-state index in [9.17, 15) is 4.79 Å². The van der Waals surface area contributed by atoms with Gasteiger partial charge in [-0.2, -0.15) is 0 Å². The summed E-state index contributed by atoms with van der Waals surface area (Å²) in [6, 6.07) is 10.5. The first-order valence-corrected chi connectivity index (χ1v) is 6.16. The molecule has 0 radical (unpaired) electrons. The van der Waals surface area contributed by atoms with Gasteiger partial charge in [0.2, 0.25) is 0 Å². The molecular weight excluding hydrogens is 210 g/mol. The molecule has 0 unspecified atom stereocenters. The van der Waals surface area contributed by atoms with E-state index in [0.29, 0.717) is 18.3 Å². The van der Waals surface area contributed by atoms with Gasteiger partial charge in [0, 0.05) is 26.1 Å². The second-order valence-corrected chi connectivity index (χ2v) is 4.74. The van der Waals surface area contributed by atoms with Crippen LogP contribution in [0.5, 0.6) is 0 Å². The van der Waals surface area contributed by atoms with Gasteiger partial charge in [-0.15, -0.1) is 6.58 Å². The summed E-state index contributed by atoms with van der Waals surface area (Å²) in [6.07, 6.45) is 3.69. The van der Waals surface area contributed by atoms with Crippen molar-refractivity contribution in [1.82, 2.24) is 4.90 Å². The molecule has 1 aromatic rings. The maximum Gasteiger partial charge on any atom is 0.120 e. The molecule has 2 nitrogen and oxygen atoms in total. The third-order valence-corrected chi connectivity index (χ3v) is 3.52. The Morgan fingerprint density at radius 3 is 2.71 bits per heavy atom. The molecule has 0 amide bonds. The Morgan fingerprint density at radius 2 is 2.06 bits per heavy atom. The molecule has 17 heavy (non-hydrogen) atoms. The van der Waals surface area contributed by atoms with E-state index in [4.69, 9.17) is 0 Å². The van der Waals surface area contributed by atoms with Crippen LogP contribution in [-0.4, -0.2) is 24.3 Å². The number of rotatable bonds is 5. The fraction of sp³-hybridized carbons (Fsp3) is 0.400. The van der Waals surface area contributed by atoms with E-state index in [1.54, 1.807) is 0 Å². The van der Waals surface area contributed by atoms with Crippen molar-refractivity contribution in [2.45, 2.75) is 13.0 Å². The number of nitrogens with zero attached hydrogens (tertiary/aromatic N) is 1. The second-order valence-electron chi connectivity index (χ2n) is 4.74. The quantitative estimate of drug-likeness (QED) is 0.571. The molecule has 0 spiro atoms. The lowest BCUT2D eigenvalue weighted by Gasteiger charge is -2.15. The fourth-order valence-corrected chi connectivity index (χ4v) is 2.60. The third kappa shape index (κ3) is 3.04. The average Bonchev–Trinajstić information content (AvgIpc) is 2.73. The number of benzene rings is 1. The number of aldehydes is 1. The zero-order chi connectivity index (χ0) is 12.1. The molecule has 2 atom stereocenters. The first-order valence-electron chi connectivity index (χ1n) is 6.16. The summed E-state index contributed by atoms with van der Waals surface area (Å²) in [5.74, 6) is 0.914. The van der Waals surface area contributed by atoms with Crippen LogP contribution in [-0.2, 0) is 11.3 Å². The molecule has 1 heterocycles. The van der Waals surface area contributed by atoms with Gasteiger partial charge in [-0.3, -0.25) is 4.90 Å². The second kappa shape index (κ2) is 5.78. The molecule has 1 aromatic carbocycles. The van der Waals surface area contributed by atoms with Gasteiger partial charge in [0.25, 0.3) is 0 Å². The minimum atomic E-state index is 0.453. The monoisotopic (exact) mass is 229 g/mol. The molecule has 0 N–H and O–H groups in total. The van der Waals surface area contributed by atoms with E-state index < -0.39 is 0 Å². The minimum Gasteiger partial charge on any atom is -0.303 e. The smallest absolute Gasteiger partial charge is 0.120 e. The summed E-state index contributed by atoms with van der Waals surface area (Å²) in [5, 5.41) is 0. The van der Waals surface area contributed by atoms with Crippen LogP contribution in [0.4, 0.5) is 0 Å². The van der Waals surface area contributed by atoms with Crippen LogP contribution in [0, 0.1) is 11.8 Å². The highest BCUT2D eigenvalue weighted by molar-refractivity contribution is 5.50. The average molecular weight is 229 g/mol. The van der Waals surface area contributed by atoms with Gasteiger partial charge in [-0.1, -0.05) is 36.4 Å². The van der Waals surface area contributed by atoms with Crippen molar-refractivity contribution in [3.8, 4) is 0 Å². The maximum absolute atomic E-state index is 10.6. The summed E-state index contributed by atoms with van der Waals surface area (Å²) in [4.78, 5) is 13.0. The Morgan fingerprint density at radius 1 is 1.29 bits per heavy atom. The molecule has 1 aliphatic heterocycles. The van der Waals surface area contributed by atoms with Crippen LogP contribution in [0.25, 0.3) is 0 Å². The standard InChI is InChI=1S/C15H19NO/c1-2-14-11-16(12-15(14)8-9-17)10-13-6-4-3-5-7-13/h2-7,9,14-15H,1,8,10-12H2/t14-,15-/m0/s1. The van der Waals surface area contributed by atoms with Gasteiger partial charge in [0.05, 0.1) is 0 Å². The Kier molecular flexibility index (Phi) is 4.10. The lowest BCUT2D eigenvalue weighted by molar-refractivity contribution is -0.108. The lowest BCUT2D eigenvalue weighted by Crippen LogP contribution is -2.20. The van der Waals surface area contributed by atoms with Crippen molar-refractivity contribution in [1.29, 1.82) is 0 Å². The van der Waals surface area contributed by atoms with Crippen LogP contribution in [0.3, 0.4) is 0 Å². The van der Waals surface area contributed by atoms with E-state index in [0.717, 1.165) is 25.9 Å². The van der Waals surface area contributed by atoms with E-state index in [1.165, 1.54) is 5.56 Å². The topological polar surface area (TPSA) is 20.3 Å². The molecule has 90 valence electrons. The summed E-state index contributed by atoms with van der Waals surface area (Å²) < 4.78 is 0. The molecule has 0 aromatic heterocycles. The summed E-state index contributed by atoms with van der Waals surface area (Å²) in [5.41, 5.74) is 1.34. The Labute approximate surface area is 103 Å². The van der Waals surface area contributed by atoms with E-state index in [-0.39, 0.29) is 0 Å². The summed E-state index contributed by atoms with van der Waals surface area (Å²) in [7, 11) is 0. The van der Waals surface area contributed by atoms with E-state index in [1.807, 2.05) is 12.1 Å². The van der Waals surface area contributed by atoms with Gasteiger partial charge in [0.15, 0.2) is 0 Å². The number of hydrogen-bond donors (Lipinski definition) is 0. The predicted molar refractivity (Wildman–Crippen MR) is 69.6 cm³/mol. The van der Waals surface area contributed by atoms with Crippen LogP contribution < -0.4 is 0 Å². The molecule has 1 saturated heterocycles. The largest absolute Gasteiger partial charge is 0.303 e. The SMILES string of the molecule is C=C[C@H]1CN(Cc2ccccc2)C[C@@H]1CC=O. The summed E-state index contributed by atoms with van der Waals surface area (Å²) >= 11 is 0. The Hall–Kier alpha value is -1.41. The highest BCUT2D eigenvalue weighted by Crippen LogP contribution is 2.27. The van der Waals surface area contributed by atoms with Crippen molar-refractivity contribution in [2.24, 2.45) is 11.8 Å². The predicted octanol–water partition coefficient (Wildman–Crippen LogP) is 2.51. The third-order valence-electron chi connectivity index (χ3n) is 3.52. The molecular formula is C15H19NO. The molecule has 0 bridgehead atoms. The highest BCUT2D eigenvalue weighted by Gasteiger charge is 2.29. The van der Waals surface area contributed by atoms with E-state index >= 15 is 0 Å². The molecule has 1 aliphatic rings. The van der Waals surface area contributed by atoms with Crippen LogP contribution >= 0.6 is 0 Å². The lowest BCUT2D eigenvalue weighted by atomic mass is 9.94. The van der Waals surface area contributed by atoms with Crippen LogP contribution in [0.2, 0.25) is 0 Å². The van der Waals surface area contributed by atoms with Crippen molar-refractivity contribution < 1.29 is 4.79 Å². The number of hydrogen-bond acceptors (Lipinski definition) is 2. The van der Waals surface area contributed by atoms with Crippen LogP contribution in [0.1, 0.15) is 12.0 Å². The molecule has 0 saturated carbocycles. The van der Waals surface area contributed by atoms with E-state index in [2.05, 4.69) is 35.7 Å². The van der Waals surface area contributed by atoms with Gasteiger partial charge in [-0.05, 0) is 17.4 Å². The Bertz CT molecular complexity index is 374. The molecule has 0 aliphatic carbocycles. The normalized spacial score (nSPS) is 24.7. The minimum absolute atomic E-state index is 0.453. The zero-order valence-electron chi connectivity index (χ0n) is 10.1. The summed E-state index contributed by atoms with van der Waals surface area (Å²) in [6.45, 7) is 6.88. The van der Waals surface area contributed by atoms with Gasteiger partial charge in [-0.25, -0.2) is 0 Å². The van der Waals surface area contributed by atoms with Crippen molar-refractivity contribution in [3.63, 3.8) is 0 Å². The van der Waals surface area contributed by atoms with Crippen LogP contribution in [0.15, 0.2) is 43.0 Å². The fourth-order valence-electron chi connectivity index (χ4n) is 2.60. The number of carbonyl (C=O) groups excluding carboxylic acids is 1. The van der Waals surface area contributed by atoms with Gasteiger partial charge < -0.3 is 4.79 Å². The van der Waals surface area contributed by atoms with Gasteiger partial charge in [0.1, 0.15) is 6.29 Å². The molecule has 1 fully saturated rings. The van der Waals surface area contributed by atoms with Crippen molar-refractivity contribution in [2.75, 3.05) is 13.1 Å². The number of likely N-dealkylation sites (tertiary alicyclic amines) is 1. The first-order chi connectivity index (χ1) is 8.33. The van der Waals surface area contributed by atoms with Crippen molar-refractivity contribution >= 4 is 6.29 Å². The van der Waals surface area contributed by atoms with Crippen molar-refractivity contribution in [3.05, 3.63) is 48.6 Å². The highest BCUT2D eigenvalue weighted by atomic mass is 16.1. The maximum atomic E-state index is 10.6.